The molecule has 10 heteroatoms. The number of β-lactam (4-membered cyclic amide) rings is 1. The van der Waals surface area contributed by atoms with Gasteiger partial charge in [-0.05, 0) is 23.3 Å². The molecule has 146 valence electrons. The second-order valence-electron chi connectivity index (χ2n) is 6.18. The van der Waals surface area contributed by atoms with Crippen molar-refractivity contribution in [3.63, 3.8) is 0 Å². The molecule has 2 atom stereocenters. The first-order chi connectivity index (χ1) is 13.3. The normalized spacial score (nSPS) is 21.3. The molecular weight excluding hydrogens is 386 g/mol. The number of hydrogen-bond acceptors (Lipinski definition) is 6. The summed E-state index contributed by atoms with van der Waals surface area (Å²) in [4.78, 5) is 48.2. The summed E-state index contributed by atoms with van der Waals surface area (Å²) in [6.45, 7) is 0. The summed E-state index contributed by atoms with van der Waals surface area (Å²) in [7, 11) is 0. The van der Waals surface area contributed by atoms with E-state index < -0.39 is 35.2 Å². The van der Waals surface area contributed by atoms with E-state index in [-0.39, 0.29) is 23.4 Å². The summed E-state index contributed by atoms with van der Waals surface area (Å²) in [6.07, 6.45) is 2.00. The van der Waals surface area contributed by atoms with Gasteiger partial charge in [0.2, 0.25) is 5.91 Å². The van der Waals surface area contributed by atoms with E-state index in [1.165, 1.54) is 17.8 Å². The van der Waals surface area contributed by atoms with Gasteiger partial charge in [0.25, 0.3) is 5.91 Å². The first-order valence-corrected chi connectivity index (χ1v) is 9.29. The lowest BCUT2D eigenvalue weighted by Crippen LogP contribution is -2.70. The average molecular weight is 403 g/mol. The number of rotatable bonds is 6. The van der Waals surface area contributed by atoms with E-state index in [4.69, 9.17) is 10.8 Å². The highest BCUT2D eigenvalue weighted by Crippen LogP contribution is 2.40. The fourth-order valence-corrected chi connectivity index (χ4v) is 4.35. The highest BCUT2D eigenvalue weighted by molar-refractivity contribution is 8.00. The number of nitrogens with one attached hydrogen (secondary N) is 1. The molecule has 0 unspecified atom stereocenters. The van der Waals surface area contributed by atoms with E-state index >= 15 is 0 Å². The molecule has 2 aliphatic heterocycles. The van der Waals surface area contributed by atoms with Gasteiger partial charge in [-0.2, -0.15) is 0 Å². The highest BCUT2D eigenvalue weighted by Gasteiger charge is 2.53. The van der Waals surface area contributed by atoms with Crippen LogP contribution >= 0.6 is 11.8 Å². The van der Waals surface area contributed by atoms with Crippen molar-refractivity contribution in [3.05, 3.63) is 53.3 Å². The number of carboxylic acids is 2. The summed E-state index contributed by atoms with van der Waals surface area (Å²) in [5.41, 5.74) is 6.89. The summed E-state index contributed by atoms with van der Waals surface area (Å²) in [6, 6.07) is 6.04. The largest absolute Gasteiger partial charge is 0.478 e. The molecule has 0 radical (unpaired) electrons. The molecule has 1 aromatic carbocycles. The lowest BCUT2D eigenvalue weighted by Gasteiger charge is -2.49. The zero-order chi connectivity index (χ0) is 20.4. The van der Waals surface area contributed by atoms with Gasteiger partial charge in [0.15, 0.2) is 0 Å². The van der Waals surface area contributed by atoms with Crippen molar-refractivity contribution >= 4 is 41.2 Å². The maximum Gasteiger partial charge on any atom is 0.352 e. The van der Waals surface area contributed by atoms with Gasteiger partial charge in [-0.1, -0.05) is 18.2 Å². The van der Waals surface area contributed by atoms with Crippen LogP contribution < -0.4 is 11.1 Å². The van der Waals surface area contributed by atoms with Crippen molar-refractivity contribution in [1.82, 2.24) is 10.2 Å². The van der Waals surface area contributed by atoms with Crippen molar-refractivity contribution in [2.45, 2.75) is 17.8 Å². The molecule has 28 heavy (non-hydrogen) atoms. The minimum absolute atomic E-state index is 0.00205. The third kappa shape index (κ3) is 3.72. The molecule has 5 N–H and O–H groups in total. The maximum atomic E-state index is 12.5. The van der Waals surface area contributed by atoms with Crippen molar-refractivity contribution in [3.8, 4) is 0 Å². The van der Waals surface area contributed by atoms with E-state index in [2.05, 4.69) is 5.32 Å². The number of amides is 2. The van der Waals surface area contributed by atoms with Gasteiger partial charge in [0.1, 0.15) is 17.1 Å². The molecule has 0 aromatic heterocycles. The predicted octanol–water partition coefficient (Wildman–Crippen LogP) is 0.191. The Hall–Kier alpha value is -3.27. The smallest absolute Gasteiger partial charge is 0.352 e. The number of anilines is 1. The Morgan fingerprint density at radius 1 is 1.29 bits per heavy atom. The van der Waals surface area contributed by atoms with Gasteiger partial charge in [-0.15, -0.1) is 11.8 Å². The number of allylic oxidation sites excluding steroid dienone is 1. The fourth-order valence-electron chi connectivity index (χ4n) is 3.04. The molecule has 1 saturated heterocycles. The summed E-state index contributed by atoms with van der Waals surface area (Å²) in [5, 5.41) is 20.3. The Balaban J connectivity index is 1.73. The number of fused-ring (bicyclic) bond motifs is 1. The van der Waals surface area contributed by atoms with Crippen LogP contribution in [0.15, 0.2) is 47.7 Å². The fraction of sp³-hybridized carbons (Fsp3) is 0.222. The van der Waals surface area contributed by atoms with Crippen molar-refractivity contribution < 1.29 is 29.4 Å². The van der Waals surface area contributed by atoms with Crippen molar-refractivity contribution in [1.29, 1.82) is 0 Å². The van der Waals surface area contributed by atoms with Crippen LogP contribution in [0.3, 0.4) is 0 Å². The zero-order valence-electron chi connectivity index (χ0n) is 14.5. The molecule has 1 aromatic rings. The third-order valence-electron chi connectivity index (χ3n) is 4.35. The van der Waals surface area contributed by atoms with Gasteiger partial charge in [-0.3, -0.25) is 14.5 Å². The van der Waals surface area contributed by atoms with E-state index in [0.717, 1.165) is 11.0 Å². The molecule has 1 fully saturated rings. The molecule has 3 rings (SSSR count). The Morgan fingerprint density at radius 2 is 2.00 bits per heavy atom. The molecule has 2 heterocycles. The number of aliphatic carboxylic acids is 2. The van der Waals surface area contributed by atoms with Crippen LogP contribution in [0.1, 0.15) is 5.56 Å². The van der Waals surface area contributed by atoms with Crippen LogP contribution in [0.2, 0.25) is 0 Å². The second-order valence-corrected chi connectivity index (χ2v) is 7.29. The summed E-state index contributed by atoms with van der Waals surface area (Å²) >= 11 is 1.26. The number of nitrogens with two attached hydrogens (primary N) is 1. The molecule has 2 aliphatic rings. The molecule has 2 amide bonds. The van der Waals surface area contributed by atoms with Gasteiger partial charge in [-0.25, -0.2) is 9.59 Å². The lowest BCUT2D eigenvalue weighted by molar-refractivity contribution is -0.150. The Morgan fingerprint density at radius 3 is 2.64 bits per heavy atom. The number of benzene rings is 1. The van der Waals surface area contributed by atoms with E-state index in [0.29, 0.717) is 11.3 Å². The van der Waals surface area contributed by atoms with Crippen molar-refractivity contribution in [2.24, 2.45) is 0 Å². The van der Waals surface area contributed by atoms with E-state index in [1.807, 2.05) is 0 Å². The topological polar surface area (TPSA) is 150 Å². The number of nitrogen functional groups attached to an aromatic ring is 1. The predicted molar refractivity (Wildman–Crippen MR) is 101 cm³/mol. The maximum absolute atomic E-state index is 12.5. The Labute approximate surface area is 163 Å². The number of nitrogens with zero attached hydrogens (tertiary/aromatic N) is 1. The van der Waals surface area contributed by atoms with Crippen LogP contribution in [0, 0.1) is 0 Å². The minimum atomic E-state index is -1.33. The number of carbonyl (C=O) groups excluding carboxylic acids is 2. The molecule has 0 aliphatic carbocycles. The Kier molecular flexibility index (Phi) is 5.41. The molecule has 9 nitrogen and oxygen atoms in total. The van der Waals surface area contributed by atoms with Crippen LogP contribution in [0.4, 0.5) is 5.69 Å². The molecule has 0 bridgehead atoms. The van der Waals surface area contributed by atoms with Gasteiger partial charge < -0.3 is 21.3 Å². The summed E-state index contributed by atoms with van der Waals surface area (Å²) < 4.78 is 0. The van der Waals surface area contributed by atoms with E-state index in [1.54, 1.807) is 24.3 Å². The number of thioether (sulfide) groups is 1. The van der Waals surface area contributed by atoms with Crippen LogP contribution in [-0.4, -0.2) is 56.0 Å². The second kappa shape index (κ2) is 7.77. The standard InChI is InChI=1S/C18H17N3O6S/c19-11-4-2-1-3-9(11)7-12(22)20-14-16(25)21-15(18(26)27)10(5-6-13(23)24)8-28-17(14)21/h1-6,14,17H,7-8,19H2,(H,20,22)(H,23,24)(H,26,27)/b6-5+/t14-,17-/m1/s1. The zero-order valence-corrected chi connectivity index (χ0v) is 15.3. The average Bonchev–Trinajstić information content (AvgIpc) is 2.65. The quantitative estimate of drug-likeness (QED) is 0.299. The molecule has 0 spiro atoms. The third-order valence-corrected chi connectivity index (χ3v) is 5.65. The SMILES string of the molecule is Nc1ccccc1CC(=O)N[C@@H]1C(=O)N2C(C(=O)O)=C(/C=C/C(=O)O)CS[C@H]12. The van der Waals surface area contributed by atoms with Crippen LogP contribution in [0.25, 0.3) is 0 Å². The summed E-state index contributed by atoms with van der Waals surface area (Å²) in [5.74, 6) is -3.29. The van der Waals surface area contributed by atoms with Gasteiger partial charge >= 0.3 is 11.9 Å². The highest BCUT2D eigenvalue weighted by atomic mass is 32.2. The van der Waals surface area contributed by atoms with Gasteiger partial charge in [0.05, 0.1) is 6.42 Å². The number of carboxylic acid groups (broad SMARTS) is 2. The molecule has 0 saturated carbocycles. The van der Waals surface area contributed by atoms with Crippen molar-refractivity contribution in [2.75, 3.05) is 11.5 Å². The molecular formula is C18H17N3O6S. The van der Waals surface area contributed by atoms with E-state index in [9.17, 15) is 24.3 Å². The monoisotopic (exact) mass is 403 g/mol. The number of carbonyl (C=O) groups is 4. The Bertz CT molecular complexity index is 926. The minimum Gasteiger partial charge on any atom is -0.478 e. The number of para-hydroxylation sites is 1. The lowest BCUT2D eigenvalue weighted by atomic mass is 10.0. The van der Waals surface area contributed by atoms with Gasteiger partial charge in [0, 0.05) is 17.5 Å². The van der Waals surface area contributed by atoms with Crippen LogP contribution in [0.5, 0.6) is 0 Å². The first-order valence-electron chi connectivity index (χ1n) is 8.24. The first kappa shape index (κ1) is 19.5. The number of hydrogen-bond donors (Lipinski definition) is 4. The van der Waals surface area contributed by atoms with Crippen LogP contribution in [-0.2, 0) is 25.6 Å².